The highest BCUT2D eigenvalue weighted by Gasteiger charge is 2.28. The molecule has 2 heterocycles. The lowest BCUT2D eigenvalue weighted by molar-refractivity contribution is 0.173. The zero-order chi connectivity index (χ0) is 21.1. The van der Waals surface area contributed by atoms with Crippen molar-refractivity contribution in [2.24, 2.45) is 0 Å². The maximum Gasteiger partial charge on any atom is 0.231 e. The first-order chi connectivity index (χ1) is 14.5. The van der Waals surface area contributed by atoms with Gasteiger partial charge in [-0.1, -0.05) is 18.2 Å². The molecule has 0 unspecified atom stereocenters. The molecule has 0 saturated carbocycles. The van der Waals surface area contributed by atoms with Crippen LogP contribution < -0.4 is 19.1 Å². The highest BCUT2D eigenvalue weighted by molar-refractivity contribution is 7.89. The van der Waals surface area contributed by atoms with Crippen molar-refractivity contribution in [1.29, 1.82) is 0 Å². The van der Waals surface area contributed by atoms with Crippen molar-refractivity contribution in [3.63, 3.8) is 0 Å². The third-order valence-electron chi connectivity index (χ3n) is 5.61. The van der Waals surface area contributed by atoms with Crippen molar-refractivity contribution in [3.05, 3.63) is 53.8 Å². The van der Waals surface area contributed by atoms with E-state index in [1.54, 1.807) is 19.1 Å². The zero-order valence-corrected chi connectivity index (χ0v) is 17.7. The van der Waals surface area contributed by atoms with E-state index in [2.05, 4.69) is 9.62 Å². The monoisotopic (exact) mass is 435 g/mol. The minimum Gasteiger partial charge on any atom is -0.454 e. The fourth-order valence-corrected chi connectivity index (χ4v) is 4.48. The molecule has 0 aliphatic carbocycles. The fraction of sp³-hybridized carbons (Fsp3) is 0.429. The van der Waals surface area contributed by atoms with Gasteiger partial charge in [0.15, 0.2) is 11.5 Å². The van der Waals surface area contributed by atoms with Crippen LogP contribution in [0.4, 0.5) is 10.1 Å². The molecule has 1 saturated heterocycles. The maximum atomic E-state index is 14.2. The van der Waals surface area contributed by atoms with E-state index >= 15 is 0 Å². The molecule has 2 aromatic rings. The second-order valence-corrected chi connectivity index (χ2v) is 9.45. The second kappa shape index (κ2) is 8.79. The first-order valence-electron chi connectivity index (χ1n) is 10.1. The summed E-state index contributed by atoms with van der Waals surface area (Å²) in [6.07, 6.45) is 0. The van der Waals surface area contributed by atoms with E-state index in [0.717, 1.165) is 5.56 Å². The summed E-state index contributed by atoms with van der Waals surface area (Å²) in [5.74, 6) is 1.16. The number of hydrogen-bond donors (Lipinski definition) is 1. The van der Waals surface area contributed by atoms with Crippen LogP contribution in [-0.4, -0.2) is 58.6 Å². The van der Waals surface area contributed by atoms with Crippen LogP contribution in [0.2, 0.25) is 0 Å². The number of hydrogen-bond acceptors (Lipinski definition) is 6. The number of nitrogens with one attached hydrogen (secondary N) is 1. The molecular weight excluding hydrogens is 409 g/mol. The zero-order valence-electron chi connectivity index (χ0n) is 16.9. The average molecular weight is 436 g/mol. The minimum absolute atomic E-state index is 0.0297. The molecule has 2 aliphatic heterocycles. The first-order valence-corrected chi connectivity index (χ1v) is 11.7. The third kappa shape index (κ3) is 4.53. The highest BCUT2D eigenvalue weighted by atomic mass is 32.2. The summed E-state index contributed by atoms with van der Waals surface area (Å²) >= 11 is 0. The molecule has 2 aliphatic rings. The Morgan fingerprint density at radius 1 is 1.07 bits per heavy atom. The number of fused-ring (bicyclic) bond motifs is 1. The number of ether oxygens (including phenoxy) is 2. The Labute approximate surface area is 176 Å². The SMILES string of the molecule is CCS(=O)(=O)NC[C@H](c1ccc2c(c1)OCO2)N1CCN(c2ccccc2F)CC1. The molecule has 162 valence electrons. The molecule has 7 nitrogen and oxygen atoms in total. The summed E-state index contributed by atoms with van der Waals surface area (Å²) in [7, 11) is -3.32. The number of sulfonamides is 1. The van der Waals surface area contributed by atoms with Gasteiger partial charge in [-0.05, 0) is 36.8 Å². The highest BCUT2D eigenvalue weighted by Crippen LogP contribution is 2.36. The smallest absolute Gasteiger partial charge is 0.231 e. The predicted octanol–water partition coefficient (Wildman–Crippen LogP) is 2.36. The van der Waals surface area contributed by atoms with Crippen molar-refractivity contribution in [2.75, 3.05) is 50.2 Å². The Bertz CT molecular complexity index is 993. The Hall–Kier alpha value is -2.36. The Morgan fingerprint density at radius 3 is 2.53 bits per heavy atom. The van der Waals surface area contributed by atoms with Gasteiger partial charge in [-0.15, -0.1) is 0 Å². The minimum atomic E-state index is -3.32. The molecule has 0 aromatic heterocycles. The topological polar surface area (TPSA) is 71.1 Å². The number of benzene rings is 2. The van der Waals surface area contributed by atoms with Crippen LogP contribution in [0.15, 0.2) is 42.5 Å². The van der Waals surface area contributed by atoms with Gasteiger partial charge in [0.25, 0.3) is 0 Å². The number of anilines is 1. The van der Waals surface area contributed by atoms with Gasteiger partial charge in [-0.2, -0.15) is 0 Å². The summed E-state index contributed by atoms with van der Waals surface area (Å²) in [5, 5.41) is 0. The molecule has 0 amide bonds. The van der Waals surface area contributed by atoms with E-state index in [-0.39, 0.29) is 30.9 Å². The van der Waals surface area contributed by atoms with Gasteiger partial charge in [0, 0.05) is 38.8 Å². The van der Waals surface area contributed by atoms with Crippen molar-refractivity contribution < 1.29 is 22.3 Å². The van der Waals surface area contributed by atoms with Gasteiger partial charge in [-0.25, -0.2) is 17.5 Å². The number of piperazine rings is 1. The molecule has 1 atom stereocenters. The molecule has 2 aromatic carbocycles. The maximum absolute atomic E-state index is 14.2. The van der Waals surface area contributed by atoms with Crippen molar-refractivity contribution in [2.45, 2.75) is 13.0 Å². The van der Waals surface area contributed by atoms with Crippen LogP contribution in [0.3, 0.4) is 0 Å². The van der Waals surface area contributed by atoms with Gasteiger partial charge in [-0.3, -0.25) is 4.90 Å². The quantitative estimate of drug-likeness (QED) is 0.720. The van der Waals surface area contributed by atoms with E-state index in [0.29, 0.717) is 43.4 Å². The summed E-state index contributed by atoms with van der Waals surface area (Å²) in [6.45, 7) is 4.74. The van der Waals surface area contributed by atoms with E-state index in [4.69, 9.17) is 9.47 Å². The molecule has 30 heavy (non-hydrogen) atoms. The first kappa shape index (κ1) is 20.9. The molecule has 4 rings (SSSR count). The van der Waals surface area contributed by atoms with Gasteiger partial charge < -0.3 is 14.4 Å². The van der Waals surface area contributed by atoms with Crippen molar-refractivity contribution in [1.82, 2.24) is 9.62 Å². The molecule has 1 N–H and O–H groups in total. The summed E-state index contributed by atoms with van der Waals surface area (Å²) < 4.78 is 51.9. The van der Waals surface area contributed by atoms with E-state index in [1.807, 2.05) is 29.2 Å². The van der Waals surface area contributed by atoms with E-state index < -0.39 is 10.0 Å². The van der Waals surface area contributed by atoms with Crippen molar-refractivity contribution >= 4 is 15.7 Å². The van der Waals surface area contributed by atoms with Crippen LogP contribution in [0.25, 0.3) is 0 Å². The summed E-state index contributed by atoms with van der Waals surface area (Å²) in [5.41, 5.74) is 1.56. The number of nitrogens with zero attached hydrogens (tertiary/aromatic N) is 2. The number of para-hydroxylation sites is 1. The van der Waals surface area contributed by atoms with Gasteiger partial charge in [0.05, 0.1) is 11.4 Å². The Kier molecular flexibility index (Phi) is 6.12. The van der Waals surface area contributed by atoms with E-state index in [9.17, 15) is 12.8 Å². The standard InChI is InChI=1S/C21H26FN3O4S/c1-2-30(26,27)23-14-19(16-7-8-20-21(13-16)29-15-28-20)25-11-9-24(10-12-25)18-6-4-3-5-17(18)22/h3-8,13,19,23H,2,9-12,14-15H2,1H3/t19-/m1/s1. The van der Waals surface area contributed by atoms with E-state index in [1.165, 1.54) is 6.07 Å². The van der Waals surface area contributed by atoms with Gasteiger partial charge in [0.1, 0.15) is 5.82 Å². The lowest BCUT2D eigenvalue weighted by Crippen LogP contribution is -2.50. The van der Waals surface area contributed by atoms with Crippen LogP contribution in [-0.2, 0) is 10.0 Å². The molecule has 0 spiro atoms. The summed E-state index contributed by atoms with van der Waals surface area (Å²) in [6, 6.07) is 12.3. The van der Waals surface area contributed by atoms with Crippen LogP contribution in [0.1, 0.15) is 18.5 Å². The average Bonchev–Trinajstić information content (AvgIpc) is 3.23. The predicted molar refractivity (Wildman–Crippen MR) is 113 cm³/mol. The largest absolute Gasteiger partial charge is 0.454 e. The molecule has 9 heteroatoms. The van der Waals surface area contributed by atoms with Crippen LogP contribution in [0, 0.1) is 5.82 Å². The van der Waals surface area contributed by atoms with Crippen LogP contribution >= 0.6 is 0 Å². The van der Waals surface area contributed by atoms with Gasteiger partial charge in [0.2, 0.25) is 16.8 Å². The Balaban J connectivity index is 1.52. The normalized spacial score (nSPS) is 17.9. The lowest BCUT2D eigenvalue weighted by Gasteiger charge is -2.40. The second-order valence-electron chi connectivity index (χ2n) is 7.35. The molecule has 0 radical (unpaired) electrons. The molecule has 0 bridgehead atoms. The van der Waals surface area contributed by atoms with Gasteiger partial charge >= 0.3 is 0 Å². The fourth-order valence-electron chi connectivity index (χ4n) is 3.87. The van der Waals surface area contributed by atoms with Crippen LogP contribution in [0.5, 0.6) is 11.5 Å². The van der Waals surface area contributed by atoms with Crippen molar-refractivity contribution in [3.8, 4) is 11.5 Å². The molecular formula is C21H26FN3O4S. The summed E-state index contributed by atoms with van der Waals surface area (Å²) in [4.78, 5) is 4.26. The third-order valence-corrected chi connectivity index (χ3v) is 6.97. The number of rotatable bonds is 7. The number of halogens is 1. The molecule has 1 fully saturated rings. The lowest BCUT2D eigenvalue weighted by atomic mass is 10.0. The Morgan fingerprint density at radius 2 is 1.80 bits per heavy atom.